The highest BCUT2D eigenvalue weighted by Crippen LogP contribution is 2.32. The maximum Gasteiger partial charge on any atom is 0.416 e. The van der Waals surface area contributed by atoms with Crippen molar-refractivity contribution in [1.29, 1.82) is 0 Å². The topological polar surface area (TPSA) is 49.8 Å². The Bertz CT molecular complexity index is 915. The first kappa shape index (κ1) is 24.4. The summed E-state index contributed by atoms with van der Waals surface area (Å²) in [6.07, 6.45) is 1.24. The monoisotopic (exact) mass is 469 g/mol. The predicted molar refractivity (Wildman–Crippen MR) is 117 cm³/mol. The lowest BCUT2D eigenvalue weighted by Gasteiger charge is -2.19. The van der Waals surface area contributed by atoms with Gasteiger partial charge < -0.3 is 9.84 Å². The van der Waals surface area contributed by atoms with E-state index < -0.39 is 17.7 Å². The quantitative estimate of drug-likeness (QED) is 0.524. The van der Waals surface area contributed by atoms with Gasteiger partial charge in [-0.25, -0.2) is 0 Å². The Morgan fingerprint density at radius 3 is 2.56 bits per heavy atom. The Hall–Kier alpha value is -2.25. The first-order valence-electron chi connectivity index (χ1n) is 10.8. The van der Waals surface area contributed by atoms with E-state index in [4.69, 9.17) is 21.4 Å². The van der Waals surface area contributed by atoms with E-state index in [0.29, 0.717) is 42.4 Å². The van der Waals surface area contributed by atoms with Crippen LogP contribution in [0.4, 0.5) is 13.2 Å². The molecule has 1 aliphatic heterocycles. The minimum Gasteiger partial charge on any atom is -0.489 e. The van der Waals surface area contributed by atoms with Crippen LogP contribution in [0.3, 0.4) is 0 Å². The van der Waals surface area contributed by atoms with Crippen molar-refractivity contribution in [1.82, 2.24) is 4.90 Å². The van der Waals surface area contributed by atoms with E-state index in [0.717, 1.165) is 24.1 Å². The van der Waals surface area contributed by atoms with Crippen LogP contribution in [0.5, 0.6) is 5.75 Å². The normalized spacial score (nSPS) is 18.1. The molecule has 4 rings (SSSR count). The number of rotatable bonds is 7. The van der Waals surface area contributed by atoms with Crippen LogP contribution in [-0.2, 0) is 23.9 Å². The fourth-order valence-electron chi connectivity index (χ4n) is 3.37. The van der Waals surface area contributed by atoms with Crippen LogP contribution >= 0.6 is 11.6 Å². The van der Waals surface area contributed by atoms with Crippen molar-refractivity contribution in [2.45, 2.75) is 57.3 Å². The summed E-state index contributed by atoms with van der Waals surface area (Å²) < 4.78 is 44.8. The zero-order chi connectivity index (χ0) is 23.1. The van der Waals surface area contributed by atoms with E-state index in [9.17, 15) is 18.0 Å². The van der Waals surface area contributed by atoms with E-state index in [1.165, 1.54) is 25.3 Å². The number of ether oxygens (including phenoxy) is 1. The molecule has 32 heavy (non-hydrogen) atoms. The van der Waals surface area contributed by atoms with Gasteiger partial charge in [-0.05, 0) is 54.3 Å². The van der Waals surface area contributed by atoms with Gasteiger partial charge >= 0.3 is 12.1 Å². The number of carboxylic acids is 1. The summed E-state index contributed by atoms with van der Waals surface area (Å²) in [6, 6.07) is 10.7. The van der Waals surface area contributed by atoms with Crippen LogP contribution in [0.25, 0.3) is 0 Å². The van der Waals surface area contributed by atoms with Gasteiger partial charge in [-0.3, -0.25) is 9.69 Å². The summed E-state index contributed by atoms with van der Waals surface area (Å²) in [6.45, 7) is 1.59. The highest BCUT2D eigenvalue weighted by atomic mass is 35.5. The van der Waals surface area contributed by atoms with Gasteiger partial charge in [0.1, 0.15) is 11.9 Å². The molecular weight excluding hydrogens is 443 g/mol. The average Bonchev–Trinajstić information content (AvgIpc) is 3.55. The number of benzene rings is 2. The second kappa shape index (κ2) is 11.1. The van der Waals surface area contributed by atoms with Crippen molar-refractivity contribution in [3.05, 3.63) is 64.2 Å². The highest BCUT2D eigenvalue weighted by Gasteiger charge is 2.31. The molecular formula is C24H27ClF3NO3. The Labute approximate surface area is 190 Å². The molecule has 2 aromatic rings. The van der Waals surface area contributed by atoms with E-state index in [-0.39, 0.29) is 12.5 Å². The summed E-state index contributed by atoms with van der Waals surface area (Å²) >= 11 is 6.09. The Morgan fingerprint density at radius 1 is 1.16 bits per heavy atom. The van der Waals surface area contributed by atoms with Crippen molar-refractivity contribution in [2.75, 3.05) is 13.1 Å². The van der Waals surface area contributed by atoms with E-state index in [1.54, 1.807) is 0 Å². The number of nitrogens with zero attached hydrogens (tertiary/aromatic N) is 1. The first-order chi connectivity index (χ1) is 15.2. The molecule has 1 heterocycles. The third-order valence-electron chi connectivity index (χ3n) is 5.18. The van der Waals surface area contributed by atoms with Gasteiger partial charge in [0, 0.05) is 31.1 Å². The second-order valence-electron chi connectivity index (χ2n) is 8.17. The summed E-state index contributed by atoms with van der Waals surface area (Å²) in [4.78, 5) is 12.7. The smallest absolute Gasteiger partial charge is 0.416 e. The molecule has 1 saturated heterocycles. The molecule has 0 radical (unpaired) electrons. The molecule has 1 atom stereocenters. The standard InChI is InChI=1S/C21H21ClF3NO3.C3H6/c22-19-6-5-16(21(23,24)25)11-15(19)12-26-9-8-18(13-26)29-17-3-1-2-14(10-17)4-7-20(27)28;1-2-3-1/h1-3,5-6,10-11,18H,4,7-9,12-13H2,(H,27,28);1-3H2. The van der Waals surface area contributed by atoms with Crippen LogP contribution < -0.4 is 4.74 Å². The van der Waals surface area contributed by atoms with Crippen molar-refractivity contribution in [2.24, 2.45) is 0 Å². The fourth-order valence-corrected chi connectivity index (χ4v) is 3.55. The summed E-state index contributed by atoms with van der Waals surface area (Å²) in [5.74, 6) is -0.187. The third kappa shape index (κ3) is 8.02. The zero-order valence-corrected chi connectivity index (χ0v) is 18.5. The maximum absolute atomic E-state index is 12.9. The lowest BCUT2D eigenvalue weighted by atomic mass is 10.1. The van der Waals surface area contributed by atoms with Crippen molar-refractivity contribution < 1.29 is 27.8 Å². The molecule has 0 spiro atoms. The molecule has 0 amide bonds. The third-order valence-corrected chi connectivity index (χ3v) is 5.55. The zero-order valence-electron chi connectivity index (χ0n) is 17.7. The van der Waals surface area contributed by atoms with Crippen LogP contribution in [0.1, 0.15) is 48.8 Å². The summed E-state index contributed by atoms with van der Waals surface area (Å²) in [5.41, 5.74) is 0.621. The molecule has 1 aliphatic carbocycles. The predicted octanol–water partition coefficient (Wildman–Crippen LogP) is 6.20. The largest absolute Gasteiger partial charge is 0.489 e. The van der Waals surface area contributed by atoms with Gasteiger partial charge in [0.05, 0.1) is 5.56 Å². The van der Waals surface area contributed by atoms with Gasteiger partial charge in [0.25, 0.3) is 0 Å². The van der Waals surface area contributed by atoms with Gasteiger partial charge in [-0.1, -0.05) is 43.0 Å². The molecule has 1 N–H and O–H groups in total. The molecule has 4 nitrogen and oxygen atoms in total. The Balaban J connectivity index is 0.000000887. The van der Waals surface area contributed by atoms with Crippen LogP contribution in [0.15, 0.2) is 42.5 Å². The summed E-state index contributed by atoms with van der Waals surface area (Å²) in [5, 5.41) is 9.11. The van der Waals surface area contributed by atoms with Crippen LogP contribution in [0, 0.1) is 0 Å². The molecule has 1 saturated carbocycles. The van der Waals surface area contributed by atoms with E-state index >= 15 is 0 Å². The lowest BCUT2D eigenvalue weighted by molar-refractivity contribution is -0.138. The van der Waals surface area contributed by atoms with Gasteiger partial charge in [-0.15, -0.1) is 0 Å². The summed E-state index contributed by atoms with van der Waals surface area (Å²) in [7, 11) is 0. The number of carboxylic acid groups (broad SMARTS) is 1. The number of aryl methyl sites for hydroxylation is 1. The van der Waals surface area contributed by atoms with Gasteiger partial charge in [0.15, 0.2) is 0 Å². The number of carbonyl (C=O) groups is 1. The number of hydrogen-bond acceptors (Lipinski definition) is 3. The molecule has 1 unspecified atom stereocenters. The molecule has 8 heteroatoms. The SMILES string of the molecule is C1CC1.O=C(O)CCc1cccc(OC2CCN(Cc3cc(C(F)(F)F)ccc3Cl)C2)c1. The van der Waals surface area contributed by atoms with Gasteiger partial charge in [0.2, 0.25) is 0 Å². The molecule has 0 bridgehead atoms. The molecule has 174 valence electrons. The second-order valence-corrected chi connectivity index (χ2v) is 8.58. The number of hydrogen-bond donors (Lipinski definition) is 1. The Kier molecular flexibility index (Phi) is 8.43. The maximum atomic E-state index is 12.9. The van der Waals surface area contributed by atoms with E-state index in [1.807, 2.05) is 29.2 Å². The Morgan fingerprint density at radius 2 is 1.91 bits per heavy atom. The number of halogens is 4. The molecule has 2 fully saturated rings. The van der Waals surface area contributed by atoms with Gasteiger partial charge in [-0.2, -0.15) is 13.2 Å². The number of likely N-dealkylation sites (tertiary alicyclic amines) is 1. The number of alkyl halides is 3. The van der Waals surface area contributed by atoms with Crippen LogP contribution in [0.2, 0.25) is 5.02 Å². The molecule has 2 aromatic carbocycles. The highest BCUT2D eigenvalue weighted by molar-refractivity contribution is 6.31. The minimum absolute atomic E-state index is 0.0540. The van der Waals surface area contributed by atoms with Crippen molar-refractivity contribution >= 4 is 17.6 Å². The first-order valence-corrected chi connectivity index (χ1v) is 11.1. The fraction of sp³-hybridized carbons (Fsp3) is 0.458. The van der Waals surface area contributed by atoms with Crippen LogP contribution in [-0.4, -0.2) is 35.2 Å². The lowest BCUT2D eigenvalue weighted by Crippen LogP contribution is -2.25. The minimum atomic E-state index is -4.40. The van der Waals surface area contributed by atoms with Crippen molar-refractivity contribution in [3.8, 4) is 5.75 Å². The average molecular weight is 470 g/mol. The molecule has 2 aliphatic rings. The molecule has 0 aromatic heterocycles. The number of aliphatic carboxylic acids is 1. The van der Waals surface area contributed by atoms with Crippen molar-refractivity contribution in [3.63, 3.8) is 0 Å². The van der Waals surface area contributed by atoms with E-state index in [2.05, 4.69) is 0 Å².